The van der Waals surface area contributed by atoms with E-state index in [1.807, 2.05) is 32.3 Å². The van der Waals surface area contributed by atoms with Gasteiger partial charge >= 0.3 is 0 Å². The quantitative estimate of drug-likeness (QED) is 0.877. The first-order valence-corrected chi connectivity index (χ1v) is 5.53. The molecule has 1 aromatic carbocycles. The lowest BCUT2D eigenvalue weighted by molar-refractivity contribution is 0.416. The molecule has 17 heavy (non-hydrogen) atoms. The number of aryl methyl sites for hydroxylation is 2. The first-order chi connectivity index (χ1) is 8.15. The van der Waals surface area contributed by atoms with Gasteiger partial charge in [-0.15, -0.1) is 0 Å². The largest absolute Gasteiger partial charge is 0.496 e. The normalized spacial score (nSPS) is 10.6. The molecule has 90 valence electrons. The Morgan fingerprint density at radius 1 is 1.41 bits per heavy atom. The van der Waals surface area contributed by atoms with Crippen LogP contribution in [0.3, 0.4) is 0 Å². The molecule has 0 saturated heterocycles. The van der Waals surface area contributed by atoms with Crippen molar-refractivity contribution < 1.29 is 4.74 Å². The van der Waals surface area contributed by atoms with Crippen LogP contribution in [0.2, 0.25) is 0 Å². The van der Waals surface area contributed by atoms with E-state index < -0.39 is 0 Å². The first kappa shape index (κ1) is 11.7. The Bertz CT molecular complexity index is 531. The average molecular weight is 231 g/mol. The SMILES string of the molecule is COc1ccc(C)cc1-c1nn(C)cc1CN. The third-order valence-corrected chi connectivity index (χ3v) is 2.73. The minimum absolute atomic E-state index is 0.472. The fourth-order valence-corrected chi connectivity index (χ4v) is 1.92. The summed E-state index contributed by atoms with van der Waals surface area (Å²) in [6.45, 7) is 2.52. The second-order valence-corrected chi connectivity index (χ2v) is 4.08. The molecule has 0 unspecified atom stereocenters. The van der Waals surface area contributed by atoms with Gasteiger partial charge in [0, 0.05) is 30.9 Å². The molecule has 0 aliphatic carbocycles. The molecule has 0 saturated carbocycles. The van der Waals surface area contributed by atoms with E-state index in [1.54, 1.807) is 11.8 Å². The molecule has 0 aliphatic heterocycles. The van der Waals surface area contributed by atoms with Crippen LogP contribution >= 0.6 is 0 Å². The van der Waals surface area contributed by atoms with Gasteiger partial charge < -0.3 is 10.5 Å². The number of nitrogens with two attached hydrogens (primary N) is 1. The fraction of sp³-hybridized carbons (Fsp3) is 0.308. The van der Waals surface area contributed by atoms with Crippen molar-refractivity contribution in [2.45, 2.75) is 13.5 Å². The van der Waals surface area contributed by atoms with Gasteiger partial charge in [-0.05, 0) is 19.1 Å². The summed E-state index contributed by atoms with van der Waals surface area (Å²) < 4.78 is 7.15. The van der Waals surface area contributed by atoms with Gasteiger partial charge in [0.05, 0.1) is 7.11 Å². The van der Waals surface area contributed by atoms with Gasteiger partial charge in [-0.2, -0.15) is 5.10 Å². The molecule has 0 amide bonds. The van der Waals surface area contributed by atoms with E-state index >= 15 is 0 Å². The van der Waals surface area contributed by atoms with Gasteiger partial charge in [-0.3, -0.25) is 4.68 Å². The average Bonchev–Trinajstić information content (AvgIpc) is 2.70. The van der Waals surface area contributed by atoms with Crippen LogP contribution in [0.15, 0.2) is 24.4 Å². The number of methoxy groups -OCH3 is 1. The van der Waals surface area contributed by atoms with Crippen LogP contribution in [0.25, 0.3) is 11.3 Å². The zero-order valence-electron chi connectivity index (χ0n) is 10.4. The van der Waals surface area contributed by atoms with Gasteiger partial charge in [0.25, 0.3) is 0 Å². The summed E-state index contributed by atoms with van der Waals surface area (Å²) in [5, 5.41) is 4.46. The molecule has 0 atom stereocenters. The summed E-state index contributed by atoms with van der Waals surface area (Å²) in [6, 6.07) is 6.05. The van der Waals surface area contributed by atoms with E-state index in [4.69, 9.17) is 10.5 Å². The summed E-state index contributed by atoms with van der Waals surface area (Å²) in [5.41, 5.74) is 9.83. The molecule has 0 bridgehead atoms. The van der Waals surface area contributed by atoms with Crippen LogP contribution in [-0.2, 0) is 13.6 Å². The molecule has 0 aliphatic rings. The van der Waals surface area contributed by atoms with Gasteiger partial charge in [-0.1, -0.05) is 11.6 Å². The van der Waals surface area contributed by atoms with E-state index in [9.17, 15) is 0 Å². The Morgan fingerprint density at radius 3 is 2.82 bits per heavy atom. The van der Waals surface area contributed by atoms with Crippen molar-refractivity contribution in [3.8, 4) is 17.0 Å². The van der Waals surface area contributed by atoms with Gasteiger partial charge in [0.2, 0.25) is 0 Å². The van der Waals surface area contributed by atoms with Gasteiger partial charge in [-0.25, -0.2) is 0 Å². The van der Waals surface area contributed by atoms with Gasteiger partial charge in [0.15, 0.2) is 0 Å². The zero-order valence-corrected chi connectivity index (χ0v) is 10.4. The lowest BCUT2D eigenvalue weighted by Gasteiger charge is -2.08. The zero-order chi connectivity index (χ0) is 12.4. The van der Waals surface area contributed by atoms with E-state index in [0.717, 1.165) is 22.6 Å². The highest BCUT2D eigenvalue weighted by Gasteiger charge is 2.13. The molecule has 0 spiro atoms. The Hall–Kier alpha value is -1.81. The lowest BCUT2D eigenvalue weighted by atomic mass is 10.0. The summed E-state index contributed by atoms with van der Waals surface area (Å²) in [4.78, 5) is 0. The Kier molecular flexibility index (Phi) is 3.15. The third kappa shape index (κ3) is 2.17. The molecule has 4 heteroatoms. The van der Waals surface area contributed by atoms with E-state index in [2.05, 4.69) is 11.2 Å². The number of benzene rings is 1. The van der Waals surface area contributed by atoms with Crippen molar-refractivity contribution in [2.24, 2.45) is 12.8 Å². The maximum absolute atomic E-state index is 5.74. The highest BCUT2D eigenvalue weighted by atomic mass is 16.5. The molecule has 0 fully saturated rings. The van der Waals surface area contributed by atoms with Crippen molar-refractivity contribution in [1.82, 2.24) is 9.78 Å². The van der Waals surface area contributed by atoms with Crippen molar-refractivity contribution >= 4 is 0 Å². The highest BCUT2D eigenvalue weighted by Crippen LogP contribution is 2.31. The smallest absolute Gasteiger partial charge is 0.128 e. The third-order valence-electron chi connectivity index (χ3n) is 2.73. The molecule has 2 N–H and O–H groups in total. The monoisotopic (exact) mass is 231 g/mol. The molecule has 0 radical (unpaired) electrons. The number of ether oxygens (including phenoxy) is 1. The van der Waals surface area contributed by atoms with Crippen LogP contribution in [0, 0.1) is 6.92 Å². The van der Waals surface area contributed by atoms with Gasteiger partial charge in [0.1, 0.15) is 11.4 Å². The number of nitrogens with zero attached hydrogens (tertiary/aromatic N) is 2. The predicted molar refractivity (Wildman–Crippen MR) is 67.8 cm³/mol. The number of aromatic nitrogens is 2. The maximum Gasteiger partial charge on any atom is 0.128 e. The summed E-state index contributed by atoms with van der Waals surface area (Å²) in [5.74, 6) is 0.823. The first-order valence-electron chi connectivity index (χ1n) is 5.53. The van der Waals surface area contributed by atoms with Crippen molar-refractivity contribution in [3.05, 3.63) is 35.5 Å². The van der Waals surface area contributed by atoms with Crippen LogP contribution < -0.4 is 10.5 Å². The second-order valence-electron chi connectivity index (χ2n) is 4.08. The Morgan fingerprint density at radius 2 is 2.18 bits per heavy atom. The minimum atomic E-state index is 0.472. The number of rotatable bonds is 3. The second kappa shape index (κ2) is 4.59. The number of hydrogen-bond acceptors (Lipinski definition) is 3. The molecular weight excluding hydrogens is 214 g/mol. The fourth-order valence-electron chi connectivity index (χ4n) is 1.92. The van der Waals surface area contributed by atoms with E-state index in [1.165, 1.54) is 5.56 Å². The van der Waals surface area contributed by atoms with Crippen molar-refractivity contribution in [3.63, 3.8) is 0 Å². The Labute approximate surface area is 101 Å². The molecule has 1 heterocycles. The van der Waals surface area contributed by atoms with E-state index in [0.29, 0.717) is 6.54 Å². The van der Waals surface area contributed by atoms with Crippen LogP contribution in [0.4, 0.5) is 0 Å². The predicted octanol–water partition coefficient (Wildman–Crippen LogP) is 1.86. The Balaban J connectivity index is 2.61. The maximum atomic E-state index is 5.74. The molecule has 2 aromatic rings. The van der Waals surface area contributed by atoms with Crippen molar-refractivity contribution in [1.29, 1.82) is 0 Å². The molecule has 4 nitrogen and oxygen atoms in total. The van der Waals surface area contributed by atoms with Crippen LogP contribution in [-0.4, -0.2) is 16.9 Å². The molecule has 2 rings (SSSR count). The standard InChI is InChI=1S/C13H17N3O/c1-9-4-5-12(17-3)11(6-9)13-10(7-14)8-16(2)15-13/h4-6,8H,7,14H2,1-3H3. The number of hydrogen-bond donors (Lipinski definition) is 1. The summed E-state index contributed by atoms with van der Waals surface area (Å²) >= 11 is 0. The molecule has 1 aromatic heterocycles. The minimum Gasteiger partial charge on any atom is -0.496 e. The van der Waals surface area contributed by atoms with E-state index in [-0.39, 0.29) is 0 Å². The molecular formula is C13H17N3O. The van der Waals surface area contributed by atoms with Crippen molar-refractivity contribution in [2.75, 3.05) is 7.11 Å². The lowest BCUT2D eigenvalue weighted by Crippen LogP contribution is -1.98. The summed E-state index contributed by atoms with van der Waals surface area (Å²) in [7, 11) is 3.56. The summed E-state index contributed by atoms with van der Waals surface area (Å²) in [6.07, 6.45) is 1.94. The van der Waals surface area contributed by atoms with Crippen LogP contribution in [0.5, 0.6) is 5.75 Å². The highest BCUT2D eigenvalue weighted by molar-refractivity contribution is 5.70. The van der Waals surface area contributed by atoms with Crippen LogP contribution in [0.1, 0.15) is 11.1 Å². The topological polar surface area (TPSA) is 53.1 Å².